The number of methoxy groups -OCH3 is 1. The van der Waals surface area contributed by atoms with E-state index in [0.29, 0.717) is 22.7 Å². The predicted molar refractivity (Wildman–Crippen MR) is 83.2 cm³/mol. The lowest BCUT2D eigenvalue weighted by Gasteiger charge is -2.13. The minimum atomic E-state index is -0.368. The molecule has 0 aliphatic carbocycles. The van der Waals surface area contributed by atoms with Crippen molar-refractivity contribution >= 4 is 17.4 Å². The lowest BCUT2D eigenvalue weighted by atomic mass is 10.1. The maximum absolute atomic E-state index is 12.1. The summed E-state index contributed by atoms with van der Waals surface area (Å²) in [5, 5.41) is 15.1. The second-order valence-corrected chi connectivity index (χ2v) is 4.73. The highest BCUT2D eigenvalue weighted by molar-refractivity contribution is 6.01. The van der Waals surface area contributed by atoms with Crippen LogP contribution in [-0.2, 0) is 0 Å². The van der Waals surface area contributed by atoms with Crippen LogP contribution in [0.3, 0.4) is 0 Å². The van der Waals surface area contributed by atoms with E-state index in [-0.39, 0.29) is 11.8 Å². The van der Waals surface area contributed by atoms with Crippen LogP contribution in [0.15, 0.2) is 36.4 Å². The van der Waals surface area contributed by atoms with Crippen LogP contribution in [0, 0.1) is 13.8 Å². The van der Waals surface area contributed by atoms with Crippen molar-refractivity contribution in [1.82, 2.24) is 0 Å². The third kappa shape index (κ3) is 3.45. The van der Waals surface area contributed by atoms with Crippen LogP contribution in [0.1, 0.15) is 11.1 Å². The molecule has 2 amide bonds. The van der Waals surface area contributed by atoms with Crippen molar-refractivity contribution in [3.8, 4) is 11.5 Å². The molecule has 0 aliphatic rings. The number of aromatic hydroxyl groups is 1. The molecule has 0 aromatic heterocycles. The summed E-state index contributed by atoms with van der Waals surface area (Å²) in [7, 11) is 1.55. The van der Waals surface area contributed by atoms with Gasteiger partial charge in [-0.15, -0.1) is 0 Å². The fraction of sp³-hybridized carbons (Fsp3) is 0.188. The lowest BCUT2D eigenvalue weighted by Crippen LogP contribution is -2.20. The van der Waals surface area contributed by atoms with E-state index in [9.17, 15) is 9.90 Å². The minimum absolute atomic E-state index is 0.211. The number of phenolic OH excluding ortho intramolecular Hbond substituents is 1. The van der Waals surface area contributed by atoms with Crippen LogP contribution in [0.4, 0.5) is 16.2 Å². The highest BCUT2D eigenvalue weighted by atomic mass is 16.5. The van der Waals surface area contributed by atoms with Crippen LogP contribution in [0.5, 0.6) is 11.5 Å². The van der Waals surface area contributed by atoms with E-state index in [1.807, 2.05) is 19.1 Å². The molecule has 0 saturated heterocycles. The van der Waals surface area contributed by atoms with Crippen molar-refractivity contribution < 1.29 is 14.6 Å². The Morgan fingerprint density at radius 2 is 1.71 bits per heavy atom. The van der Waals surface area contributed by atoms with Crippen molar-refractivity contribution in [2.45, 2.75) is 13.8 Å². The molecule has 0 atom stereocenters. The molecule has 5 nitrogen and oxygen atoms in total. The van der Waals surface area contributed by atoms with Gasteiger partial charge in [-0.2, -0.15) is 0 Å². The normalized spacial score (nSPS) is 10.0. The van der Waals surface area contributed by atoms with Gasteiger partial charge in [0.1, 0.15) is 11.5 Å². The molecule has 0 bridgehead atoms. The van der Waals surface area contributed by atoms with Gasteiger partial charge >= 0.3 is 6.03 Å². The Bertz CT molecular complexity index is 669. The molecule has 3 N–H and O–H groups in total. The number of carbonyl (C=O) groups excluding carboxylic acids is 1. The largest absolute Gasteiger partial charge is 0.508 e. The standard InChI is InChI=1S/C16H18N2O3/c1-10-9-14(19)11(2)8-13(10)18-16(20)17-12-6-4-5-7-15(12)21-3/h4-9,19H,1-3H3,(H2,17,18,20). The predicted octanol–water partition coefficient (Wildman–Crippen LogP) is 3.66. The first-order valence-corrected chi connectivity index (χ1v) is 6.52. The van der Waals surface area contributed by atoms with Gasteiger partial charge in [0.05, 0.1) is 12.8 Å². The molecule has 110 valence electrons. The van der Waals surface area contributed by atoms with E-state index in [0.717, 1.165) is 5.56 Å². The van der Waals surface area contributed by atoms with Crippen molar-refractivity contribution in [2.24, 2.45) is 0 Å². The van der Waals surface area contributed by atoms with Gasteiger partial charge < -0.3 is 20.5 Å². The lowest BCUT2D eigenvalue weighted by molar-refractivity contribution is 0.262. The Balaban J connectivity index is 2.14. The van der Waals surface area contributed by atoms with Gasteiger partial charge in [-0.05, 0) is 49.2 Å². The summed E-state index contributed by atoms with van der Waals surface area (Å²) in [6, 6.07) is 10.1. The maximum Gasteiger partial charge on any atom is 0.323 e. The van der Waals surface area contributed by atoms with Gasteiger partial charge in [0.25, 0.3) is 0 Å². The summed E-state index contributed by atoms with van der Waals surface area (Å²) in [5.74, 6) is 0.800. The van der Waals surface area contributed by atoms with Crippen LogP contribution < -0.4 is 15.4 Å². The zero-order chi connectivity index (χ0) is 15.4. The number of nitrogens with one attached hydrogen (secondary N) is 2. The third-order valence-corrected chi connectivity index (χ3v) is 3.15. The maximum atomic E-state index is 12.1. The molecule has 2 aromatic carbocycles. The van der Waals surface area contributed by atoms with Crippen molar-refractivity contribution in [1.29, 1.82) is 0 Å². The molecule has 0 aliphatic heterocycles. The van der Waals surface area contributed by atoms with Gasteiger partial charge in [0.2, 0.25) is 0 Å². The first kappa shape index (κ1) is 14.7. The Morgan fingerprint density at radius 1 is 1.05 bits per heavy atom. The molecular formula is C16H18N2O3. The van der Waals surface area contributed by atoms with Gasteiger partial charge in [-0.1, -0.05) is 12.1 Å². The first-order chi connectivity index (χ1) is 10.0. The van der Waals surface area contributed by atoms with E-state index in [1.165, 1.54) is 0 Å². The summed E-state index contributed by atoms with van der Waals surface area (Å²) in [4.78, 5) is 12.1. The summed E-state index contributed by atoms with van der Waals surface area (Å²) >= 11 is 0. The molecule has 5 heteroatoms. The third-order valence-electron chi connectivity index (χ3n) is 3.15. The summed E-state index contributed by atoms with van der Waals surface area (Å²) in [6.07, 6.45) is 0. The van der Waals surface area contributed by atoms with Crippen LogP contribution in [0.25, 0.3) is 0 Å². The molecule has 0 heterocycles. The van der Waals surface area contributed by atoms with Gasteiger partial charge in [0, 0.05) is 5.69 Å². The zero-order valence-corrected chi connectivity index (χ0v) is 12.2. The minimum Gasteiger partial charge on any atom is -0.508 e. The Kier molecular flexibility index (Phi) is 4.33. The molecule has 21 heavy (non-hydrogen) atoms. The summed E-state index contributed by atoms with van der Waals surface area (Å²) in [5.41, 5.74) is 2.73. The molecule has 0 saturated carbocycles. The second-order valence-electron chi connectivity index (χ2n) is 4.73. The SMILES string of the molecule is COc1ccccc1NC(=O)Nc1cc(C)c(O)cc1C. The zero-order valence-electron chi connectivity index (χ0n) is 12.2. The number of benzene rings is 2. The van der Waals surface area contributed by atoms with E-state index in [2.05, 4.69) is 10.6 Å². The van der Waals surface area contributed by atoms with E-state index in [4.69, 9.17) is 4.74 Å². The Hall–Kier alpha value is -2.69. The number of amides is 2. The van der Waals surface area contributed by atoms with Crippen LogP contribution >= 0.6 is 0 Å². The highest BCUT2D eigenvalue weighted by Gasteiger charge is 2.09. The molecule has 0 unspecified atom stereocenters. The highest BCUT2D eigenvalue weighted by Crippen LogP contribution is 2.26. The smallest absolute Gasteiger partial charge is 0.323 e. The number of aryl methyl sites for hydroxylation is 2. The van der Waals surface area contributed by atoms with Gasteiger partial charge in [-0.25, -0.2) is 4.79 Å². The molecule has 2 aromatic rings. The quantitative estimate of drug-likeness (QED) is 0.754. The number of hydrogen-bond acceptors (Lipinski definition) is 3. The average Bonchev–Trinajstić information content (AvgIpc) is 2.45. The first-order valence-electron chi connectivity index (χ1n) is 6.52. The number of urea groups is 1. The number of rotatable bonds is 3. The average molecular weight is 286 g/mol. The summed E-state index contributed by atoms with van der Waals surface area (Å²) in [6.45, 7) is 3.59. The number of hydrogen-bond donors (Lipinski definition) is 3. The molecule has 0 radical (unpaired) electrons. The van der Waals surface area contributed by atoms with Gasteiger partial charge in [-0.3, -0.25) is 0 Å². The van der Waals surface area contributed by atoms with Crippen molar-refractivity contribution in [3.63, 3.8) is 0 Å². The molecule has 0 spiro atoms. The molecular weight excluding hydrogens is 268 g/mol. The van der Waals surface area contributed by atoms with E-state index in [1.54, 1.807) is 38.3 Å². The number of para-hydroxylation sites is 2. The van der Waals surface area contributed by atoms with Gasteiger partial charge in [0.15, 0.2) is 0 Å². The van der Waals surface area contributed by atoms with Crippen molar-refractivity contribution in [2.75, 3.05) is 17.7 Å². The number of carbonyl (C=O) groups is 1. The number of ether oxygens (including phenoxy) is 1. The summed E-state index contributed by atoms with van der Waals surface area (Å²) < 4.78 is 5.18. The molecule has 2 rings (SSSR count). The molecule has 0 fully saturated rings. The number of anilines is 2. The van der Waals surface area contributed by atoms with Crippen LogP contribution in [-0.4, -0.2) is 18.2 Å². The van der Waals surface area contributed by atoms with Crippen molar-refractivity contribution in [3.05, 3.63) is 47.5 Å². The Morgan fingerprint density at radius 3 is 2.43 bits per heavy atom. The fourth-order valence-electron chi connectivity index (χ4n) is 1.96. The fourth-order valence-corrected chi connectivity index (χ4v) is 1.96. The van der Waals surface area contributed by atoms with E-state index < -0.39 is 0 Å². The van der Waals surface area contributed by atoms with E-state index >= 15 is 0 Å². The Labute approximate surface area is 123 Å². The number of phenols is 1. The second kappa shape index (κ2) is 6.17. The topological polar surface area (TPSA) is 70.6 Å². The monoisotopic (exact) mass is 286 g/mol. The van der Waals surface area contributed by atoms with Crippen LogP contribution in [0.2, 0.25) is 0 Å².